The van der Waals surface area contributed by atoms with Crippen LogP contribution < -0.4 is 5.32 Å². The number of nitrogens with zero attached hydrogens (tertiary/aromatic N) is 4. The molecule has 0 spiro atoms. The number of benzene rings is 3. The summed E-state index contributed by atoms with van der Waals surface area (Å²) in [6.07, 6.45) is 0. The van der Waals surface area contributed by atoms with Crippen molar-refractivity contribution in [2.24, 2.45) is 0 Å². The van der Waals surface area contributed by atoms with Gasteiger partial charge < -0.3 is 5.32 Å². The molecule has 4 aromatic rings. The summed E-state index contributed by atoms with van der Waals surface area (Å²) in [5.74, 6) is -0.453. The number of anilines is 1. The highest BCUT2D eigenvalue weighted by Gasteiger charge is 2.13. The number of nitrogens with one attached hydrogen (secondary N) is 1. The summed E-state index contributed by atoms with van der Waals surface area (Å²) in [6, 6.07) is 17.8. The second kappa shape index (κ2) is 7.09. The smallest absolute Gasteiger partial charge is 0.270 e. The fourth-order valence-corrected chi connectivity index (χ4v) is 2.86. The largest absolute Gasteiger partial charge is 0.322 e. The van der Waals surface area contributed by atoms with Gasteiger partial charge in [0.25, 0.3) is 11.6 Å². The third-order valence-corrected chi connectivity index (χ3v) is 4.23. The summed E-state index contributed by atoms with van der Waals surface area (Å²) in [5.41, 5.74) is 2.49. The van der Waals surface area contributed by atoms with Crippen molar-refractivity contribution in [3.05, 3.63) is 87.4 Å². The zero-order valence-electron chi connectivity index (χ0n) is 14.2. The number of non-ortho nitro benzene ring substituents is 1. The molecule has 8 nitrogen and oxygen atoms in total. The van der Waals surface area contributed by atoms with E-state index < -0.39 is 10.8 Å². The van der Waals surface area contributed by atoms with Crippen LogP contribution in [0.25, 0.3) is 16.7 Å². The van der Waals surface area contributed by atoms with Crippen LogP contribution >= 0.6 is 11.6 Å². The first-order valence-corrected chi connectivity index (χ1v) is 8.56. The van der Waals surface area contributed by atoms with Crippen molar-refractivity contribution in [1.82, 2.24) is 15.0 Å². The second-order valence-electron chi connectivity index (χ2n) is 5.93. The van der Waals surface area contributed by atoms with E-state index in [-0.39, 0.29) is 11.3 Å². The molecule has 0 aliphatic heterocycles. The fraction of sp³-hybridized carbons (Fsp3) is 0. The van der Waals surface area contributed by atoms with Gasteiger partial charge in [0.2, 0.25) is 0 Å². The van der Waals surface area contributed by atoms with E-state index in [2.05, 4.69) is 15.5 Å². The van der Waals surface area contributed by atoms with Crippen molar-refractivity contribution in [2.75, 3.05) is 5.32 Å². The van der Waals surface area contributed by atoms with Gasteiger partial charge in [-0.1, -0.05) is 23.7 Å². The minimum absolute atomic E-state index is 0.146. The molecule has 0 unspecified atom stereocenters. The van der Waals surface area contributed by atoms with E-state index in [4.69, 9.17) is 11.6 Å². The molecule has 28 heavy (non-hydrogen) atoms. The predicted octanol–water partition coefficient (Wildman–Crippen LogP) is 4.23. The monoisotopic (exact) mass is 393 g/mol. The van der Waals surface area contributed by atoms with Gasteiger partial charge in [-0.25, -0.2) is 0 Å². The number of nitro groups is 1. The molecular formula is C19H12ClN5O3. The lowest BCUT2D eigenvalue weighted by Gasteiger charge is -2.04. The van der Waals surface area contributed by atoms with E-state index in [1.807, 2.05) is 6.07 Å². The topological polar surface area (TPSA) is 103 Å². The quantitative estimate of drug-likeness (QED) is 0.412. The molecule has 0 saturated carbocycles. The lowest BCUT2D eigenvalue weighted by Crippen LogP contribution is -2.12. The molecule has 1 N–H and O–H groups in total. The summed E-state index contributed by atoms with van der Waals surface area (Å²) < 4.78 is 0. The number of carbonyl (C=O) groups excluding carboxylic acids is 1. The Hall–Kier alpha value is -3.78. The molecular weight excluding hydrogens is 382 g/mol. The van der Waals surface area contributed by atoms with Crippen molar-refractivity contribution >= 4 is 39.9 Å². The van der Waals surface area contributed by atoms with Gasteiger partial charge in [0, 0.05) is 28.4 Å². The number of carbonyl (C=O) groups is 1. The Morgan fingerprint density at radius 3 is 2.57 bits per heavy atom. The minimum Gasteiger partial charge on any atom is -0.322 e. The third kappa shape index (κ3) is 3.53. The van der Waals surface area contributed by atoms with Crippen LogP contribution in [0, 0.1) is 10.1 Å². The lowest BCUT2D eigenvalue weighted by atomic mass is 10.2. The average Bonchev–Trinajstić information content (AvgIpc) is 3.11. The predicted molar refractivity (Wildman–Crippen MR) is 105 cm³/mol. The highest BCUT2D eigenvalue weighted by atomic mass is 35.5. The Labute approximate surface area is 163 Å². The summed E-state index contributed by atoms with van der Waals surface area (Å²) in [5, 5.41) is 23.0. The molecule has 1 heterocycles. The van der Waals surface area contributed by atoms with Crippen molar-refractivity contribution in [3.8, 4) is 5.69 Å². The van der Waals surface area contributed by atoms with Crippen molar-refractivity contribution < 1.29 is 9.72 Å². The Kier molecular flexibility index (Phi) is 4.46. The maximum absolute atomic E-state index is 12.4. The van der Waals surface area contributed by atoms with Crippen LogP contribution in [0.3, 0.4) is 0 Å². The first kappa shape index (κ1) is 17.6. The number of rotatable bonds is 4. The first-order chi connectivity index (χ1) is 13.5. The standard InChI is InChI=1S/C19H12ClN5O3/c20-13-4-2-5-15(10-13)24-22-17-8-7-14(11-18(17)23-24)21-19(26)12-3-1-6-16(9-12)25(27)28/h1-11H,(H,21,26). The number of halogens is 1. The van der Waals surface area contributed by atoms with Gasteiger partial charge in [0.1, 0.15) is 11.0 Å². The maximum atomic E-state index is 12.4. The Bertz CT molecular complexity index is 1220. The van der Waals surface area contributed by atoms with Crippen LogP contribution in [0.4, 0.5) is 11.4 Å². The summed E-state index contributed by atoms with van der Waals surface area (Å²) >= 11 is 6.01. The van der Waals surface area contributed by atoms with Crippen LogP contribution in [0.1, 0.15) is 10.4 Å². The van der Waals surface area contributed by atoms with Gasteiger partial charge in [0.15, 0.2) is 0 Å². The Morgan fingerprint density at radius 2 is 1.79 bits per heavy atom. The van der Waals surface area contributed by atoms with E-state index in [1.165, 1.54) is 29.1 Å². The van der Waals surface area contributed by atoms with Gasteiger partial charge in [-0.3, -0.25) is 14.9 Å². The molecule has 0 atom stereocenters. The number of hydrogen-bond donors (Lipinski definition) is 1. The van der Waals surface area contributed by atoms with Crippen LogP contribution in [-0.4, -0.2) is 25.8 Å². The normalized spacial score (nSPS) is 10.8. The summed E-state index contributed by atoms with van der Waals surface area (Å²) in [7, 11) is 0. The average molecular weight is 394 g/mol. The van der Waals surface area contributed by atoms with Crippen LogP contribution in [-0.2, 0) is 0 Å². The van der Waals surface area contributed by atoms with Crippen molar-refractivity contribution in [3.63, 3.8) is 0 Å². The number of aromatic nitrogens is 3. The number of amides is 1. The van der Waals surface area contributed by atoms with E-state index in [0.717, 1.165) is 0 Å². The highest BCUT2D eigenvalue weighted by Crippen LogP contribution is 2.20. The Morgan fingerprint density at radius 1 is 1.00 bits per heavy atom. The molecule has 1 aromatic heterocycles. The van der Waals surface area contributed by atoms with Gasteiger partial charge in [0.05, 0.1) is 10.6 Å². The minimum atomic E-state index is -0.545. The summed E-state index contributed by atoms with van der Waals surface area (Å²) in [6.45, 7) is 0. The molecule has 1 amide bonds. The van der Waals surface area contributed by atoms with Crippen LogP contribution in [0.2, 0.25) is 5.02 Å². The lowest BCUT2D eigenvalue weighted by molar-refractivity contribution is -0.384. The van der Waals surface area contributed by atoms with Crippen molar-refractivity contribution in [2.45, 2.75) is 0 Å². The highest BCUT2D eigenvalue weighted by molar-refractivity contribution is 6.30. The van der Waals surface area contributed by atoms with Gasteiger partial charge >= 0.3 is 0 Å². The fourth-order valence-electron chi connectivity index (χ4n) is 2.67. The van der Waals surface area contributed by atoms with Crippen LogP contribution in [0.15, 0.2) is 66.7 Å². The zero-order valence-corrected chi connectivity index (χ0v) is 15.0. The van der Waals surface area contributed by atoms with Gasteiger partial charge in [-0.2, -0.15) is 4.80 Å². The number of fused-ring (bicyclic) bond motifs is 1. The Balaban J connectivity index is 1.60. The van der Waals surface area contributed by atoms with Crippen LogP contribution in [0.5, 0.6) is 0 Å². The van der Waals surface area contributed by atoms with Gasteiger partial charge in [-0.15, -0.1) is 10.2 Å². The SMILES string of the molecule is O=C(Nc1ccc2nn(-c3cccc(Cl)c3)nc2c1)c1cccc([N+](=O)[O-])c1. The molecule has 0 bridgehead atoms. The first-order valence-electron chi connectivity index (χ1n) is 8.18. The molecule has 0 aliphatic rings. The zero-order chi connectivity index (χ0) is 19.7. The second-order valence-corrected chi connectivity index (χ2v) is 6.37. The molecule has 3 aromatic carbocycles. The van der Waals surface area contributed by atoms with E-state index in [1.54, 1.807) is 36.4 Å². The molecule has 0 fully saturated rings. The number of hydrogen-bond acceptors (Lipinski definition) is 5. The van der Waals surface area contributed by atoms with E-state index in [9.17, 15) is 14.9 Å². The summed E-state index contributed by atoms with van der Waals surface area (Å²) in [4.78, 5) is 24.2. The maximum Gasteiger partial charge on any atom is 0.270 e. The van der Waals surface area contributed by atoms with Crippen molar-refractivity contribution in [1.29, 1.82) is 0 Å². The third-order valence-electron chi connectivity index (χ3n) is 4.00. The molecule has 9 heteroatoms. The van der Waals surface area contributed by atoms with Gasteiger partial charge in [-0.05, 0) is 42.5 Å². The molecule has 0 aliphatic carbocycles. The number of nitro benzene ring substituents is 1. The molecule has 4 rings (SSSR count). The van der Waals surface area contributed by atoms with E-state index in [0.29, 0.717) is 27.4 Å². The molecule has 0 saturated heterocycles. The molecule has 0 radical (unpaired) electrons. The van der Waals surface area contributed by atoms with E-state index >= 15 is 0 Å². The molecule has 138 valence electrons.